The Hall–Kier alpha value is -1.72. The highest BCUT2D eigenvalue weighted by atomic mass is 16.6. The van der Waals surface area contributed by atoms with E-state index in [0.29, 0.717) is 17.7 Å². The average Bonchev–Trinajstić information content (AvgIpc) is 2.20. The molecule has 0 aromatic carbocycles. The molecule has 0 saturated carbocycles. The minimum Gasteiger partial charge on any atom is -0.366 e. The lowest BCUT2D eigenvalue weighted by molar-refractivity contribution is -0.385. The second-order valence-corrected chi connectivity index (χ2v) is 3.22. The highest BCUT2D eigenvalue weighted by Crippen LogP contribution is 2.28. The maximum atomic E-state index is 10.9. The summed E-state index contributed by atoms with van der Waals surface area (Å²) in [5.74, 6) is 0.231. The minimum atomic E-state index is -0.404. The van der Waals surface area contributed by atoms with Crippen LogP contribution in [-0.2, 0) is 6.42 Å². The SMILES string of the molecule is CCCc1c(C)nnc(NC)c1[N+](=O)[O-]. The maximum Gasteiger partial charge on any atom is 0.318 e. The van der Waals surface area contributed by atoms with Gasteiger partial charge >= 0.3 is 5.69 Å². The molecule has 0 bridgehead atoms. The zero-order chi connectivity index (χ0) is 11.4. The van der Waals surface area contributed by atoms with Crippen LogP contribution in [0.15, 0.2) is 0 Å². The molecule has 0 amide bonds. The van der Waals surface area contributed by atoms with Crippen LogP contribution in [0.1, 0.15) is 24.6 Å². The van der Waals surface area contributed by atoms with Gasteiger partial charge in [0.1, 0.15) is 0 Å². The maximum absolute atomic E-state index is 10.9. The molecule has 0 radical (unpaired) electrons. The first-order valence-electron chi connectivity index (χ1n) is 4.80. The second-order valence-electron chi connectivity index (χ2n) is 3.22. The third-order valence-electron chi connectivity index (χ3n) is 2.17. The molecule has 82 valence electrons. The molecular weight excluding hydrogens is 196 g/mol. The van der Waals surface area contributed by atoms with Crippen molar-refractivity contribution in [3.8, 4) is 0 Å². The van der Waals surface area contributed by atoms with Crippen LogP contribution in [0.2, 0.25) is 0 Å². The summed E-state index contributed by atoms with van der Waals surface area (Å²) in [5, 5.41) is 21.3. The summed E-state index contributed by atoms with van der Waals surface area (Å²) in [6, 6.07) is 0. The van der Waals surface area contributed by atoms with E-state index in [9.17, 15) is 10.1 Å². The van der Waals surface area contributed by atoms with Crippen LogP contribution in [-0.4, -0.2) is 22.2 Å². The monoisotopic (exact) mass is 210 g/mol. The summed E-state index contributed by atoms with van der Waals surface area (Å²) in [7, 11) is 1.60. The molecule has 0 aliphatic carbocycles. The van der Waals surface area contributed by atoms with Crippen molar-refractivity contribution in [2.24, 2.45) is 0 Å². The number of rotatable bonds is 4. The lowest BCUT2D eigenvalue weighted by Crippen LogP contribution is -2.07. The molecule has 0 spiro atoms. The number of hydrogen-bond donors (Lipinski definition) is 1. The quantitative estimate of drug-likeness (QED) is 0.604. The van der Waals surface area contributed by atoms with E-state index in [2.05, 4.69) is 15.5 Å². The first kappa shape index (κ1) is 11.4. The molecule has 0 atom stereocenters. The number of anilines is 1. The van der Waals surface area contributed by atoms with Gasteiger partial charge in [0.25, 0.3) is 0 Å². The predicted octanol–water partition coefficient (Wildman–Crippen LogP) is 1.69. The Morgan fingerprint density at radius 1 is 1.47 bits per heavy atom. The van der Waals surface area contributed by atoms with Gasteiger partial charge in [-0.25, -0.2) is 0 Å². The van der Waals surface area contributed by atoms with E-state index in [1.54, 1.807) is 14.0 Å². The van der Waals surface area contributed by atoms with Crippen molar-refractivity contribution in [2.45, 2.75) is 26.7 Å². The van der Waals surface area contributed by atoms with E-state index in [1.165, 1.54) is 0 Å². The van der Waals surface area contributed by atoms with E-state index in [1.807, 2.05) is 6.92 Å². The fraction of sp³-hybridized carbons (Fsp3) is 0.556. The van der Waals surface area contributed by atoms with Gasteiger partial charge in [0.2, 0.25) is 5.82 Å². The Kier molecular flexibility index (Phi) is 3.54. The fourth-order valence-corrected chi connectivity index (χ4v) is 1.46. The molecule has 0 saturated heterocycles. The van der Waals surface area contributed by atoms with Crippen LogP contribution in [0, 0.1) is 17.0 Å². The van der Waals surface area contributed by atoms with Crippen LogP contribution in [0.25, 0.3) is 0 Å². The molecule has 0 aliphatic heterocycles. The van der Waals surface area contributed by atoms with Crippen LogP contribution in [0.3, 0.4) is 0 Å². The number of aryl methyl sites for hydroxylation is 1. The first-order chi connectivity index (χ1) is 7.11. The molecule has 1 aromatic heterocycles. The summed E-state index contributed by atoms with van der Waals surface area (Å²) in [6.07, 6.45) is 1.49. The van der Waals surface area contributed by atoms with Gasteiger partial charge in [0, 0.05) is 7.05 Å². The van der Waals surface area contributed by atoms with Gasteiger partial charge < -0.3 is 5.32 Å². The van der Waals surface area contributed by atoms with Gasteiger partial charge in [-0.15, -0.1) is 5.10 Å². The first-order valence-corrected chi connectivity index (χ1v) is 4.80. The van der Waals surface area contributed by atoms with Gasteiger partial charge in [0.05, 0.1) is 16.2 Å². The van der Waals surface area contributed by atoms with Gasteiger partial charge in [-0.3, -0.25) is 10.1 Å². The molecule has 0 aliphatic rings. The largest absolute Gasteiger partial charge is 0.366 e. The smallest absolute Gasteiger partial charge is 0.318 e. The van der Waals surface area contributed by atoms with Crippen molar-refractivity contribution in [3.63, 3.8) is 0 Å². The molecule has 1 heterocycles. The topological polar surface area (TPSA) is 81.0 Å². The Morgan fingerprint density at radius 3 is 2.60 bits per heavy atom. The molecule has 15 heavy (non-hydrogen) atoms. The lowest BCUT2D eigenvalue weighted by Gasteiger charge is -2.07. The number of aromatic nitrogens is 2. The molecule has 6 heteroatoms. The number of hydrogen-bond acceptors (Lipinski definition) is 5. The van der Waals surface area contributed by atoms with E-state index in [4.69, 9.17) is 0 Å². The molecule has 0 fully saturated rings. The van der Waals surface area contributed by atoms with Crippen molar-refractivity contribution in [1.82, 2.24) is 10.2 Å². The second kappa shape index (κ2) is 4.68. The van der Waals surface area contributed by atoms with Gasteiger partial charge in [-0.05, 0) is 13.3 Å². The molecular formula is C9H14N4O2. The highest BCUT2D eigenvalue weighted by Gasteiger charge is 2.22. The molecule has 0 unspecified atom stereocenters. The van der Waals surface area contributed by atoms with Gasteiger partial charge in [0.15, 0.2) is 0 Å². The summed E-state index contributed by atoms with van der Waals surface area (Å²) < 4.78 is 0. The van der Waals surface area contributed by atoms with E-state index in [0.717, 1.165) is 6.42 Å². The van der Waals surface area contributed by atoms with Crippen LogP contribution in [0.4, 0.5) is 11.5 Å². The van der Waals surface area contributed by atoms with Crippen molar-refractivity contribution < 1.29 is 4.92 Å². The Labute approximate surface area is 87.9 Å². The summed E-state index contributed by atoms with van der Waals surface area (Å²) in [6.45, 7) is 3.72. The summed E-state index contributed by atoms with van der Waals surface area (Å²) in [4.78, 5) is 10.5. The van der Waals surface area contributed by atoms with E-state index in [-0.39, 0.29) is 11.5 Å². The summed E-state index contributed by atoms with van der Waals surface area (Å²) >= 11 is 0. The minimum absolute atomic E-state index is 0.0480. The van der Waals surface area contributed by atoms with Crippen molar-refractivity contribution in [2.75, 3.05) is 12.4 Å². The van der Waals surface area contributed by atoms with E-state index >= 15 is 0 Å². The standard InChI is InChI=1S/C9H14N4O2/c1-4-5-7-6(2)11-12-9(10-3)8(7)13(14)15/h4-5H2,1-3H3,(H,10,12). The zero-order valence-electron chi connectivity index (χ0n) is 9.07. The molecule has 1 aromatic rings. The fourth-order valence-electron chi connectivity index (χ4n) is 1.46. The zero-order valence-corrected chi connectivity index (χ0v) is 9.07. The number of nitro groups is 1. The van der Waals surface area contributed by atoms with Crippen LogP contribution < -0.4 is 5.32 Å². The number of nitrogens with one attached hydrogen (secondary N) is 1. The number of nitrogens with zero attached hydrogens (tertiary/aromatic N) is 3. The average molecular weight is 210 g/mol. The van der Waals surface area contributed by atoms with Crippen molar-refractivity contribution in [1.29, 1.82) is 0 Å². The van der Waals surface area contributed by atoms with Crippen LogP contribution in [0.5, 0.6) is 0 Å². The third kappa shape index (κ3) is 2.20. The Balaban J connectivity index is 3.36. The Morgan fingerprint density at radius 2 is 2.13 bits per heavy atom. The Bertz CT molecular complexity index is 379. The summed E-state index contributed by atoms with van der Waals surface area (Å²) in [5.41, 5.74) is 1.34. The van der Waals surface area contributed by atoms with Crippen molar-refractivity contribution in [3.05, 3.63) is 21.4 Å². The predicted molar refractivity (Wildman–Crippen MR) is 57.0 cm³/mol. The van der Waals surface area contributed by atoms with Crippen LogP contribution >= 0.6 is 0 Å². The molecule has 1 N–H and O–H groups in total. The molecule has 6 nitrogen and oxygen atoms in total. The van der Waals surface area contributed by atoms with E-state index < -0.39 is 4.92 Å². The van der Waals surface area contributed by atoms with Gasteiger partial charge in [-0.2, -0.15) is 5.10 Å². The lowest BCUT2D eigenvalue weighted by atomic mass is 10.1. The highest BCUT2D eigenvalue weighted by molar-refractivity contribution is 5.60. The van der Waals surface area contributed by atoms with Gasteiger partial charge in [-0.1, -0.05) is 13.3 Å². The van der Waals surface area contributed by atoms with Crippen molar-refractivity contribution >= 4 is 11.5 Å². The normalized spacial score (nSPS) is 10.1. The molecule has 1 rings (SSSR count). The third-order valence-corrected chi connectivity index (χ3v) is 2.17.